The van der Waals surface area contributed by atoms with Gasteiger partial charge in [0.25, 0.3) is 0 Å². The molecule has 7 nitrogen and oxygen atoms in total. The van der Waals surface area contributed by atoms with Crippen LogP contribution in [0.1, 0.15) is 11.1 Å². The fourth-order valence-electron chi connectivity index (χ4n) is 4.56. The number of β-amino-alcohol motifs (C(OH)–C–C–N with tert-alkyl or cyclic N) is 1. The number of H-pyrrole nitrogens is 1. The molecule has 1 aliphatic rings. The van der Waals surface area contributed by atoms with Crippen LogP contribution < -0.4 is 0 Å². The van der Waals surface area contributed by atoms with Crippen molar-refractivity contribution in [3.05, 3.63) is 77.9 Å². The average Bonchev–Trinajstić information content (AvgIpc) is 3.38. The number of halogens is 6. The van der Waals surface area contributed by atoms with Crippen LogP contribution in [0.3, 0.4) is 0 Å². The fourth-order valence-corrected chi connectivity index (χ4v) is 4.56. The minimum absolute atomic E-state index is 0.205. The molecule has 1 aromatic heterocycles. The van der Waals surface area contributed by atoms with Gasteiger partial charge in [0.2, 0.25) is 0 Å². The smallest absolute Gasteiger partial charge is 0.475 e. The summed E-state index contributed by atoms with van der Waals surface area (Å²) >= 11 is 0. The Morgan fingerprint density at radius 2 is 1.45 bits per heavy atom. The second-order valence-electron chi connectivity index (χ2n) is 9.74. The molecule has 4 aromatic rings. The lowest BCUT2D eigenvalue weighted by Gasteiger charge is -2.34. The van der Waals surface area contributed by atoms with Crippen molar-refractivity contribution in [3.63, 3.8) is 0 Å². The molecule has 0 unspecified atom stereocenters. The molecule has 0 spiro atoms. The Balaban J connectivity index is 0.000000517. The topological polar surface area (TPSA) is 92.7 Å². The molecule has 0 radical (unpaired) electrons. The molecule has 5 rings (SSSR count). The molecular formula is C29H28F6N4O3. The number of nitrogens with zero attached hydrogens (tertiary/aromatic N) is 3. The van der Waals surface area contributed by atoms with Crippen molar-refractivity contribution in [3.8, 4) is 22.5 Å². The molecule has 0 aliphatic carbocycles. The fraction of sp³-hybridized carbons (Fsp3) is 0.310. The van der Waals surface area contributed by atoms with E-state index >= 15 is 0 Å². The van der Waals surface area contributed by atoms with Gasteiger partial charge >= 0.3 is 18.3 Å². The molecule has 0 amide bonds. The van der Waals surface area contributed by atoms with Crippen molar-refractivity contribution < 1.29 is 41.4 Å². The maximum absolute atomic E-state index is 13.0. The summed E-state index contributed by atoms with van der Waals surface area (Å²) in [7, 11) is 0. The lowest BCUT2D eigenvalue weighted by atomic mass is 10.0. The first-order valence-electron chi connectivity index (χ1n) is 13.0. The van der Waals surface area contributed by atoms with Gasteiger partial charge in [-0.2, -0.15) is 26.3 Å². The van der Waals surface area contributed by atoms with Gasteiger partial charge < -0.3 is 15.2 Å². The maximum Gasteiger partial charge on any atom is 0.490 e. The number of rotatable bonds is 6. The first-order chi connectivity index (χ1) is 19.8. The minimum atomic E-state index is -5.08. The number of fused-ring (bicyclic) bond motifs is 1. The van der Waals surface area contributed by atoms with Crippen LogP contribution in [0.2, 0.25) is 0 Å². The van der Waals surface area contributed by atoms with Crippen LogP contribution in [0.25, 0.3) is 33.5 Å². The molecule has 3 N–H and O–H groups in total. The number of piperazine rings is 1. The van der Waals surface area contributed by atoms with E-state index in [2.05, 4.69) is 44.0 Å². The maximum atomic E-state index is 13.0. The Hall–Kier alpha value is -3.94. The second kappa shape index (κ2) is 12.9. The van der Waals surface area contributed by atoms with Crippen molar-refractivity contribution in [2.45, 2.75) is 18.9 Å². The van der Waals surface area contributed by atoms with E-state index in [1.54, 1.807) is 0 Å². The van der Waals surface area contributed by atoms with Gasteiger partial charge in [0.05, 0.1) is 23.2 Å². The number of aliphatic hydroxyl groups is 1. The van der Waals surface area contributed by atoms with Gasteiger partial charge in [-0.05, 0) is 41.0 Å². The molecule has 1 saturated heterocycles. The van der Waals surface area contributed by atoms with Crippen LogP contribution in [0.4, 0.5) is 26.3 Å². The number of aromatic nitrogens is 2. The quantitative estimate of drug-likeness (QED) is 0.250. The zero-order valence-electron chi connectivity index (χ0n) is 22.2. The largest absolute Gasteiger partial charge is 0.490 e. The molecule has 0 atom stereocenters. The van der Waals surface area contributed by atoms with Crippen LogP contribution in [0.15, 0.2) is 66.7 Å². The first-order valence-corrected chi connectivity index (χ1v) is 13.0. The predicted molar refractivity (Wildman–Crippen MR) is 144 cm³/mol. The van der Waals surface area contributed by atoms with E-state index in [1.165, 1.54) is 11.6 Å². The number of aromatic amines is 1. The highest BCUT2D eigenvalue weighted by Crippen LogP contribution is 2.32. The molecule has 42 heavy (non-hydrogen) atoms. The number of imidazole rings is 1. The third-order valence-corrected chi connectivity index (χ3v) is 6.76. The third kappa shape index (κ3) is 8.08. The molecule has 0 saturated carbocycles. The van der Waals surface area contributed by atoms with E-state index in [9.17, 15) is 26.3 Å². The Labute approximate surface area is 237 Å². The number of aliphatic hydroxyl groups excluding tert-OH is 1. The Morgan fingerprint density at radius 3 is 2.05 bits per heavy atom. The van der Waals surface area contributed by atoms with Crippen LogP contribution in [-0.2, 0) is 17.5 Å². The van der Waals surface area contributed by atoms with Gasteiger partial charge in [0, 0.05) is 44.8 Å². The lowest BCUT2D eigenvalue weighted by Crippen LogP contribution is -2.46. The van der Waals surface area contributed by atoms with Gasteiger partial charge in [-0.15, -0.1) is 0 Å². The third-order valence-electron chi connectivity index (χ3n) is 6.76. The van der Waals surface area contributed by atoms with E-state index in [1.807, 2.05) is 24.3 Å². The van der Waals surface area contributed by atoms with Crippen molar-refractivity contribution in [2.75, 3.05) is 39.3 Å². The number of alkyl halides is 6. The van der Waals surface area contributed by atoms with E-state index < -0.39 is 23.9 Å². The molecule has 224 valence electrons. The van der Waals surface area contributed by atoms with E-state index in [0.29, 0.717) is 16.9 Å². The van der Waals surface area contributed by atoms with Crippen LogP contribution in [0, 0.1) is 0 Å². The lowest BCUT2D eigenvalue weighted by molar-refractivity contribution is -0.192. The summed E-state index contributed by atoms with van der Waals surface area (Å²) in [6, 6.07) is 19.9. The summed E-state index contributed by atoms with van der Waals surface area (Å²) in [4.78, 5) is 21.1. The molecule has 13 heteroatoms. The molecule has 0 bridgehead atoms. The highest BCUT2D eigenvalue weighted by atomic mass is 19.4. The van der Waals surface area contributed by atoms with Crippen molar-refractivity contribution >= 4 is 17.0 Å². The summed E-state index contributed by atoms with van der Waals surface area (Å²) in [5, 5.41) is 16.2. The number of hydrogen-bond donors (Lipinski definition) is 3. The SMILES string of the molecule is O=C(O)C(F)(F)F.OCCN1CCN(Cc2cccc(-c3ccc(-c4nc5ccc(C(F)(F)F)cc5[nH]4)cc3)c2)CC1. The number of carboxylic acid groups (broad SMARTS) is 1. The predicted octanol–water partition coefficient (Wildman–Crippen LogP) is 5.66. The number of aliphatic carboxylic acids is 1. The molecular weight excluding hydrogens is 566 g/mol. The monoisotopic (exact) mass is 594 g/mol. The number of carbonyl (C=O) groups is 1. The van der Waals surface area contributed by atoms with Crippen LogP contribution >= 0.6 is 0 Å². The van der Waals surface area contributed by atoms with Crippen molar-refractivity contribution in [1.82, 2.24) is 19.8 Å². The molecule has 3 aromatic carbocycles. The number of nitrogens with one attached hydrogen (secondary N) is 1. The number of hydrogen-bond acceptors (Lipinski definition) is 5. The average molecular weight is 595 g/mol. The molecule has 1 aliphatic heterocycles. The highest BCUT2D eigenvalue weighted by molar-refractivity contribution is 5.80. The van der Waals surface area contributed by atoms with Gasteiger partial charge in [-0.25, -0.2) is 9.78 Å². The van der Waals surface area contributed by atoms with Crippen molar-refractivity contribution in [2.24, 2.45) is 0 Å². The van der Waals surface area contributed by atoms with Gasteiger partial charge in [-0.3, -0.25) is 9.80 Å². The molecule has 2 heterocycles. The summed E-state index contributed by atoms with van der Waals surface area (Å²) in [5.41, 5.74) is 4.43. The minimum Gasteiger partial charge on any atom is -0.475 e. The standard InChI is InChI=1S/C27H27F3N4O.C2HF3O2/c28-27(29,30)23-8-9-24-25(17-23)32-26(31-24)21-6-4-20(5-7-21)22-3-1-2-19(16-22)18-34-12-10-33(11-13-34)14-15-35;3-2(4,5)1(6)7/h1-9,16-17,35H,10-15,18H2,(H,31,32);(H,6,7). The number of carboxylic acids is 1. The Bertz CT molecular complexity index is 1490. The highest BCUT2D eigenvalue weighted by Gasteiger charge is 2.38. The van der Waals surface area contributed by atoms with Crippen molar-refractivity contribution in [1.29, 1.82) is 0 Å². The van der Waals surface area contributed by atoms with Gasteiger partial charge in [-0.1, -0.05) is 42.5 Å². The zero-order chi connectivity index (χ0) is 30.5. The van der Waals surface area contributed by atoms with Gasteiger partial charge in [0.1, 0.15) is 5.82 Å². The Kier molecular flexibility index (Phi) is 9.54. The summed E-state index contributed by atoms with van der Waals surface area (Å²) in [6.45, 7) is 5.75. The van der Waals surface area contributed by atoms with E-state index in [4.69, 9.17) is 15.0 Å². The first kappa shape index (κ1) is 31.0. The summed E-state index contributed by atoms with van der Waals surface area (Å²) in [6.07, 6.45) is -9.47. The zero-order valence-corrected chi connectivity index (χ0v) is 22.2. The normalized spacial score (nSPS) is 14.9. The Morgan fingerprint density at radius 1 is 0.833 bits per heavy atom. The molecule has 1 fully saturated rings. The van der Waals surface area contributed by atoms with Gasteiger partial charge in [0.15, 0.2) is 0 Å². The van der Waals surface area contributed by atoms with Crippen LogP contribution in [0.5, 0.6) is 0 Å². The summed E-state index contributed by atoms with van der Waals surface area (Å²) in [5.74, 6) is -2.22. The second-order valence-corrected chi connectivity index (χ2v) is 9.74. The van der Waals surface area contributed by atoms with Crippen LogP contribution in [-0.4, -0.2) is 81.5 Å². The van der Waals surface area contributed by atoms with E-state index in [0.717, 1.165) is 68.1 Å². The van der Waals surface area contributed by atoms with E-state index in [-0.39, 0.29) is 6.61 Å². The number of benzene rings is 3. The summed E-state index contributed by atoms with van der Waals surface area (Å²) < 4.78 is 70.8.